The lowest BCUT2D eigenvalue weighted by atomic mass is 9.70. The molecule has 20 heavy (non-hydrogen) atoms. The maximum Gasteiger partial charge on any atom is 0.310 e. The first-order valence-electron chi connectivity index (χ1n) is 6.69. The van der Waals surface area contributed by atoms with Gasteiger partial charge >= 0.3 is 5.97 Å². The van der Waals surface area contributed by atoms with Gasteiger partial charge in [-0.1, -0.05) is 25.0 Å². The molecule has 108 valence electrons. The molecular weight excluding hydrogens is 260 g/mol. The lowest BCUT2D eigenvalue weighted by molar-refractivity contribution is -0.384. The van der Waals surface area contributed by atoms with Gasteiger partial charge in [-0.25, -0.2) is 0 Å². The van der Waals surface area contributed by atoms with Crippen LogP contribution < -0.4 is 5.73 Å². The van der Waals surface area contributed by atoms with E-state index in [0.29, 0.717) is 18.4 Å². The van der Waals surface area contributed by atoms with Crippen LogP contribution in [0.4, 0.5) is 5.69 Å². The molecule has 3 N–H and O–H groups in total. The summed E-state index contributed by atoms with van der Waals surface area (Å²) in [6.45, 7) is 0.174. The Morgan fingerprint density at radius 2 is 2.10 bits per heavy atom. The van der Waals surface area contributed by atoms with Crippen molar-refractivity contribution >= 4 is 11.7 Å². The highest BCUT2D eigenvalue weighted by Crippen LogP contribution is 2.49. The molecular formula is C14H18N2O4. The summed E-state index contributed by atoms with van der Waals surface area (Å²) in [7, 11) is 0. The Morgan fingerprint density at radius 1 is 1.45 bits per heavy atom. The van der Waals surface area contributed by atoms with Crippen LogP contribution >= 0.6 is 0 Å². The normalized spacial score (nSPS) is 18.6. The van der Waals surface area contributed by atoms with Gasteiger partial charge in [0.25, 0.3) is 5.69 Å². The Kier molecular flexibility index (Phi) is 4.04. The summed E-state index contributed by atoms with van der Waals surface area (Å²) in [6, 6.07) is 6.16. The molecule has 0 bridgehead atoms. The number of benzene rings is 1. The molecule has 6 heteroatoms. The molecule has 0 spiro atoms. The average molecular weight is 278 g/mol. The number of aliphatic carboxylic acids is 1. The maximum atomic E-state index is 11.7. The van der Waals surface area contributed by atoms with Crippen molar-refractivity contribution in [1.29, 1.82) is 0 Å². The number of nitrogens with zero attached hydrogens (tertiary/aromatic N) is 1. The van der Waals surface area contributed by atoms with Crippen molar-refractivity contribution in [1.82, 2.24) is 0 Å². The molecule has 1 atom stereocenters. The molecule has 6 nitrogen and oxygen atoms in total. The molecule has 0 radical (unpaired) electrons. The summed E-state index contributed by atoms with van der Waals surface area (Å²) < 4.78 is 0. The van der Waals surface area contributed by atoms with Crippen LogP contribution in [-0.2, 0) is 4.79 Å². The molecule has 1 aliphatic carbocycles. The zero-order chi connectivity index (χ0) is 14.8. The minimum atomic E-state index is -0.885. The van der Waals surface area contributed by atoms with E-state index >= 15 is 0 Å². The van der Waals surface area contributed by atoms with Gasteiger partial charge in [0.05, 0.1) is 10.3 Å². The summed E-state index contributed by atoms with van der Waals surface area (Å²) in [5, 5.41) is 20.5. The highest BCUT2D eigenvalue weighted by atomic mass is 16.6. The molecule has 0 unspecified atom stereocenters. The Labute approximate surface area is 116 Å². The molecule has 0 aliphatic heterocycles. The number of carboxylic acids is 1. The first kappa shape index (κ1) is 14.5. The van der Waals surface area contributed by atoms with Crippen molar-refractivity contribution in [3.8, 4) is 0 Å². The van der Waals surface area contributed by atoms with Gasteiger partial charge in [-0.2, -0.15) is 0 Å². The Hall–Kier alpha value is -1.95. The fraction of sp³-hybridized carbons (Fsp3) is 0.500. The van der Waals surface area contributed by atoms with E-state index in [1.165, 1.54) is 12.1 Å². The summed E-state index contributed by atoms with van der Waals surface area (Å²) in [5.41, 5.74) is 5.53. The lowest BCUT2D eigenvalue weighted by Gasteiger charge is -2.33. The molecule has 1 aromatic rings. The van der Waals surface area contributed by atoms with E-state index in [1.54, 1.807) is 12.1 Å². The summed E-state index contributed by atoms with van der Waals surface area (Å²) in [6.07, 6.45) is 2.87. The largest absolute Gasteiger partial charge is 0.481 e. The summed E-state index contributed by atoms with van der Waals surface area (Å²) in [4.78, 5) is 22.1. The van der Waals surface area contributed by atoms with Gasteiger partial charge in [0.1, 0.15) is 0 Å². The van der Waals surface area contributed by atoms with E-state index in [-0.39, 0.29) is 18.2 Å². The topological polar surface area (TPSA) is 106 Å². The van der Waals surface area contributed by atoms with Crippen LogP contribution in [-0.4, -0.2) is 22.5 Å². The second-order valence-corrected chi connectivity index (χ2v) is 5.31. The predicted octanol–water partition coefficient (Wildman–Crippen LogP) is 2.28. The first-order valence-corrected chi connectivity index (χ1v) is 6.69. The van der Waals surface area contributed by atoms with Crippen LogP contribution in [0.2, 0.25) is 0 Å². The Bertz CT molecular complexity index is 524. The number of carboxylic acid groups (broad SMARTS) is 1. The minimum Gasteiger partial charge on any atom is -0.481 e. The third-order valence-corrected chi connectivity index (χ3v) is 4.31. The Balaban J connectivity index is 2.43. The number of nitro benzene ring substituents is 1. The van der Waals surface area contributed by atoms with E-state index in [2.05, 4.69) is 0 Å². The third-order valence-electron chi connectivity index (χ3n) is 4.31. The van der Waals surface area contributed by atoms with Crippen LogP contribution in [0.5, 0.6) is 0 Å². The van der Waals surface area contributed by atoms with Crippen LogP contribution in [0, 0.1) is 15.5 Å². The molecule has 1 saturated carbocycles. The molecule has 0 aromatic heterocycles. The number of hydrogen-bond acceptors (Lipinski definition) is 4. The van der Waals surface area contributed by atoms with Gasteiger partial charge in [0.2, 0.25) is 0 Å². The highest BCUT2D eigenvalue weighted by Gasteiger charge is 2.48. The number of non-ortho nitro benzene ring substituents is 1. The van der Waals surface area contributed by atoms with E-state index < -0.39 is 16.3 Å². The SMILES string of the molecule is NC[C@H](c1cccc([N+](=O)[O-])c1)C1(C(=O)O)CCCC1. The van der Waals surface area contributed by atoms with Gasteiger partial charge < -0.3 is 10.8 Å². The van der Waals surface area contributed by atoms with E-state index in [0.717, 1.165) is 12.8 Å². The Morgan fingerprint density at radius 3 is 2.60 bits per heavy atom. The second-order valence-electron chi connectivity index (χ2n) is 5.31. The fourth-order valence-electron chi connectivity index (χ4n) is 3.25. The van der Waals surface area contributed by atoms with Crippen LogP contribution in [0.25, 0.3) is 0 Å². The monoisotopic (exact) mass is 278 g/mol. The standard InChI is InChI=1S/C14H18N2O4/c15-9-12(14(13(17)18)6-1-2-7-14)10-4-3-5-11(8-10)16(19)20/h3-5,8,12H,1-2,6-7,9,15H2,(H,17,18)/t12-/m1/s1. The highest BCUT2D eigenvalue weighted by molar-refractivity contribution is 5.76. The molecule has 1 fully saturated rings. The molecule has 0 heterocycles. The van der Waals surface area contributed by atoms with E-state index in [1.807, 2.05) is 0 Å². The predicted molar refractivity (Wildman–Crippen MR) is 73.4 cm³/mol. The van der Waals surface area contributed by atoms with Crippen molar-refractivity contribution in [2.75, 3.05) is 6.54 Å². The molecule has 2 rings (SSSR count). The number of nitrogens with two attached hydrogens (primary N) is 1. The molecule has 1 aromatic carbocycles. The maximum absolute atomic E-state index is 11.7. The van der Waals surface area contributed by atoms with Gasteiger partial charge in [0, 0.05) is 24.6 Å². The number of hydrogen-bond donors (Lipinski definition) is 2. The van der Waals surface area contributed by atoms with Gasteiger partial charge in [-0.3, -0.25) is 14.9 Å². The molecule has 1 aliphatic rings. The number of nitro groups is 1. The number of carbonyl (C=O) groups is 1. The number of rotatable bonds is 5. The van der Waals surface area contributed by atoms with Crippen LogP contribution in [0.3, 0.4) is 0 Å². The van der Waals surface area contributed by atoms with Crippen LogP contribution in [0.1, 0.15) is 37.2 Å². The fourth-order valence-corrected chi connectivity index (χ4v) is 3.25. The van der Waals surface area contributed by atoms with Crippen molar-refractivity contribution in [2.45, 2.75) is 31.6 Å². The van der Waals surface area contributed by atoms with Gasteiger partial charge in [0.15, 0.2) is 0 Å². The van der Waals surface area contributed by atoms with E-state index in [9.17, 15) is 20.0 Å². The first-order chi connectivity index (χ1) is 9.51. The van der Waals surface area contributed by atoms with Crippen molar-refractivity contribution in [3.63, 3.8) is 0 Å². The molecule has 0 saturated heterocycles. The van der Waals surface area contributed by atoms with E-state index in [4.69, 9.17) is 5.73 Å². The lowest BCUT2D eigenvalue weighted by Crippen LogP contribution is -2.38. The smallest absolute Gasteiger partial charge is 0.310 e. The third kappa shape index (κ3) is 2.38. The molecule has 0 amide bonds. The van der Waals surface area contributed by atoms with Crippen LogP contribution in [0.15, 0.2) is 24.3 Å². The van der Waals surface area contributed by atoms with Gasteiger partial charge in [-0.15, -0.1) is 0 Å². The zero-order valence-corrected chi connectivity index (χ0v) is 11.1. The van der Waals surface area contributed by atoms with Crippen molar-refractivity contribution in [2.24, 2.45) is 11.1 Å². The summed E-state index contributed by atoms with van der Waals surface area (Å²) in [5.74, 6) is -1.24. The minimum absolute atomic E-state index is 0.0283. The summed E-state index contributed by atoms with van der Waals surface area (Å²) >= 11 is 0. The van der Waals surface area contributed by atoms with Crippen molar-refractivity contribution < 1.29 is 14.8 Å². The second kappa shape index (κ2) is 5.58. The quantitative estimate of drug-likeness (QED) is 0.634. The van der Waals surface area contributed by atoms with Gasteiger partial charge in [-0.05, 0) is 18.4 Å². The zero-order valence-electron chi connectivity index (χ0n) is 11.1. The van der Waals surface area contributed by atoms with Crippen molar-refractivity contribution in [3.05, 3.63) is 39.9 Å². The average Bonchev–Trinajstić information content (AvgIpc) is 2.90.